The topological polar surface area (TPSA) is 32.3 Å². The van der Waals surface area contributed by atoms with Gasteiger partial charge in [-0.25, -0.2) is 0 Å². The first-order valence-electron chi connectivity index (χ1n) is 7.34. The van der Waals surface area contributed by atoms with Crippen molar-refractivity contribution in [3.05, 3.63) is 35.9 Å². The van der Waals surface area contributed by atoms with E-state index in [0.717, 1.165) is 26.1 Å². The van der Waals surface area contributed by atoms with E-state index in [4.69, 9.17) is 0 Å². The lowest BCUT2D eigenvalue weighted by Crippen LogP contribution is -2.33. The molecule has 1 amide bonds. The number of amides is 1. The highest BCUT2D eigenvalue weighted by molar-refractivity contribution is 5.76. The van der Waals surface area contributed by atoms with Gasteiger partial charge in [0, 0.05) is 32.1 Å². The summed E-state index contributed by atoms with van der Waals surface area (Å²) in [6, 6.07) is 10.9. The molecule has 1 N–H and O–H groups in total. The maximum Gasteiger partial charge on any atom is 0.224 e. The molecule has 1 aromatic rings. The fraction of sp³-hybridized carbons (Fsp3) is 0.562. The van der Waals surface area contributed by atoms with Crippen LogP contribution in [-0.2, 0) is 11.3 Å². The van der Waals surface area contributed by atoms with Crippen LogP contribution >= 0.6 is 0 Å². The first-order chi connectivity index (χ1) is 9.29. The summed E-state index contributed by atoms with van der Waals surface area (Å²) in [5.74, 6) is 0.263. The lowest BCUT2D eigenvalue weighted by molar-refractivity contribution is -0.131. The van der Waals surface area contributed by atoms with Gasteiger partial charge in [0.1, 0.15) is 0 Å². The van der Waals surface area contributed by atoms with Gasteiger partial charge in [0.2, 0.25) is 5.91 Å². The minimum Gasteiger partial charge on any atom is -0.338 e. The van der Waals surface area contributed by atoms with Gasteiger partial charge < -0.3 is 10.2 Å². The van der Waals surface area contributed by atoms with E-state index in [1.165, 1.54) is 18.4 Å². The van der Waals surface area contributed by atoms with Crippen molar-refractivity contribution in [3.8, 4) is 0 Å². The third-order valence-electron chi connectivity index (χ3n) is 3.41. The second-order valence-corrected chi connectivity index (χ2v) is 5.28. The van der Waals surface area contributed by atoms with Gasteiger partial charge in [-0.05, 0) is 24.8 Å². The summed E-state index contributed by atoms with van der Waals surface area (Å²) < 4.78 is 0. The highest BCUT2D eigenvalue weighted by Gasteiger charge is 2.21. The molecule has 0 aliphatic heterocycles. The lowest BCUT2D eigenvalue weighted by atomic mass is 10.2. The average Bonchev–Trinajstić information content (AvgIpc) is 3.23. The smallest absolute Gasteiger partial charge is 0.224 e. The minimum absolute atomic E-state index is 0.263. The van der Waals surface area contributed by atoms with Crippen LogP contribution in [0.5, 0.6) is 0 Å². The number of rotatable bonds is 8. The summed E-state index contributed by atoms with van der Waals surface area (Å²) in [5, 5.41) is 3.40. The van der Waals surface area contributed by atoms with Crippen LogP contribution in [0.3, 0.4) is 0 Å². The Hall–Kier alpha value is -1.35. The van der Waals surface area contributed by atoms with Crippen molar-refractivity contribution in [2.75, 3.05) is 13.1 Å². The van der Waals surface area contributed by atoms with Crippen molar-refractivity contribution in [1.29, 1.82) is 0 Å². The van der Waals surface area contributed by atoms with Gasteiger partial charge in [-0.15, -0.1) is 0 Å². The Morgan fingerprint density at radius 1 is 1.32 bits per heavy atom. The highest BCUT2D eigenvalue weighted by atomic mass is 16.2. The molecule has 19 heavy (non-hydrogen) atoms. The van der Waals surface area contributed by atoms with E-state index in [0.29, 0.717) is 12.5 Å². The van der Waals surface area contributed by atoms with Gasteiger partial charge >= 0.3 is 0 Å². The van der Waals surface area contributed by atoms with Crippen molar-refractivity contribution in [1.82, 2.24) is 10.2 Å². The third-order valence-corrected chi connectivity index (χ3v) is 3.41. The zero-order valence-corrected chi connectivity index (χ0v) is 11.8. The van der Waals surface area contributed by atoms with E-state index < -0.39 is 0 Å². The first kappa shape index (κ1) is 14.1. The van der Waals surface area contributed by atoms with Crippen molar-refractivity contribution in [3.63, 3.8) is 0 Å². The molecular weight excluding hydrogens is 236 g/mol. The Labute approximate surface area is 116 Å². The quantitative estimate of drug-likeness (QED) is 0.779. The third kappa shape index (κ3) is 5.03. The van der Waals surface area contributed by atoms with Crippen molar-refractivity contribution in [2.24, 2.45) is 0 Å². The zero-order chi connectivity index (χ0) is 13.5. The number of benzene rings is 1. The molecule has 1 aromatic carbocycles. The van der Waals surface area contributed by atoms with Gasteiger partial charge in [0.05, 0.1) is 0 Å². The summed E-state index contributed by atoms with van der Waals surface area (Å²) in [7, 11) is 0. The standard InChI is InChI=1S/C16H24N2O/c1-2-12-18(13-14-6-4-3-5-7-14)16(19)10-11-17-15-8-9-15/h3-7,15,17H,2,8-13H2,1H3. The Bertz CT molecular complexity index is 387. The lowest BCUT2D eigenvalue weighted by Gasteiger charge is -2.22. The summed E-state index contributed by atoms with van der Waals surface area (Å²) >= 11 is 0. The maximum atomic E-state index is 12.2. The second-order valence-electron chi connectivity index (χ2n) is 5.28. The molecule has 3 nitrogen and oxygen atoms in total. The van der Waals surface area contributed by atoms with Gasteiger partial charge in [0.25, 0.3) is 0 Å². The Morgan fingerprint density at radius 3 is 2.68 bits per heavy atom. The number of nitrogens with zero attached hydrogens (tertiary/aromatic N) is 1. The molecule has 104 valence electrons. The van der Waals surface area contributed by atoms with E-state index in [1.54, 1.807) is 0 Å². The number of hydrogen-bond donors (Lipinski definition) is 1. The summed E-state index contributed by atoms with van der Waals surface area (Å²) in [5.41, 5.74) is 1.21. The molecule has 0 saturated heterocycles. The van der Waals surface area contributed by atoms with Gasteiger partial charge in [0.15, 0.2) is 0 Å². The molecule has 1 aliphatic rings. The summed E-state index contributed by atoms with van der Waals surface area (Å²) in [6.07, 6.45) is 4.17. The molecule has 1 fully saturated rings. The SMILES string of the molecule is CCCN(Cc1ccccc1)C(=O)CCNC1CC1. The molecule has 1 saturated carbocycles. The molecule has 0 unspecified atom stereocenters. The van der Waals surface area contributed by atoms with Crippen LogP contribution in [0.2, 0.25) is 0 Å². The molecule has 1 aliphatic carbocycles. The monoisotopic (exact) mass is 260 g/mol. The Kier molecular flexibility index (Phi) is 5.40. The molecule has 0 atom stereocenters. The van der Waals surface area contributed by atoms with Crippen molar-refractivity contribution in [2.45, 2.75) is 45.2 Å². The van der Waals surface area contributed by atoms with Crippen LogP contribution in [0.4, 0.5) is 0 Å². The van der Waals surface area contributed by atoms with E-state index in [1.807, 2.05) is 23.1 Å². The molecule has 2 rings (SSSR count). The number of hydrogen-bond acceptors (Lipinski definition) is 2. The molecule has 0 aromatic heterocycles. The van der Waals surface area contributed by atoms with Gasteiger partial charge in [-0.3, -0.25) is 4.79 Å². The van der Waals surface area contributed by atoms with Gasteiger partial charge in [-0.1, -0.05) is 37.3 Å². The molecule has 3 heteroatoms. The molecular formula is C16H24N2O. The molecule has 0 heterocycles. The second kappa shape index (κ2) is 7.29. The van der Waals surface area contributed by atoms with Gasteiger partial charge in [-0.2, -0.15) is 0 Å². The number of carbonyl (C=O) groups excluding carboxylic acids is 1. The van der Waals surface area contributed by atoms with E-state index >= 15 is 0 Å². The summed E-state index contributed by atoms with van der Waals surface area (Å²) in [4.78, 5) is 14.2. The fourth-order valence-corrected chi connectivity index (χ4v) is 2.19. The van der Waals surface area contributed by atoms with Crippen LogP contribution in [0, 0.1) is 0 Å². The maximum absolute atomic E-state index is 12.2. The molecule has 0 spiro atoms. The summed E-state index contributed by atoms with van der Waals surface area (Å²) in [6.45, 7) is 4.51. The van der Waals surface area contributed by atoms with Crippen LogP contribution in [0.1, 0.15) is 38.2 Å². The Balaban J connectivity index is 1.81. The van der Waals surface area contributed by atoms with Crippen molar-refractivity contribution >= 4 is 5.91 Å². The largest absolute Gasteiger partial charge is 0.338 e. The predicted octanol–water partition coefficient (Wildman–Crippen LogP) is 2.57. The fourth-order valence-electron chi connectivity index (χ4n) is 2.19. The number of carbonyl (C=O) groups is 1. The zero-order valence-electron chi connectivity index (χ0n) is 11.8. The molecule has 0 bridgehead atoms. The van der Waals surface area contributed by atoms with E-state index in [9.17, 15) is 4.79 Å². The Morgan fingerprint density at radius 2 is 2.05 bits per heavy atom. The van der Waals surface area contributed by atoms with Crippen molar-refractivity contribution < 1.29 is 4.79 Å². The van der Waals surface area contributed by atoms with Crippen LogP contribution in [-0.4, -0.2) is 29.9 Å². The minimum atomic E-state index is 0.263. The normalized spacial score (nSPS) is 14.4. The molecule has 0 radical (unpaired) electrons. The highest BCUT2D eigenvalue weighted by Crippen LogP contribution is 2.18. The van der Waals surface area contributed by atoms with E-state index in [2.05, 4.69) is 24.4 Å². The first-order valence-corrected chi connectivity index (χ1v) is 7.34. The number of nitrogens with one attached hydrogen (secondary N) is 1. The van der Waals surface area contributed by atoms with Crippen LogP contribution in [0.25, 0.3) is 0 Å². The predicted molar refractivity (Wildman–Crippen MR) is 77.8 cm³/mol. The van der Waals surface area contributed by atoms with Crippen LogP contribution in [0.15, 0.2) is 30.3 Å². The van der Waals surface area contributed by atoms with E-state index in [-0.39, 0.29) is 5.91 Å². The van der Waals surface area contributed by atoms with Crippen LogP contribution < -0.4 is 5.32 Å². The average molecular weight is 260 g/mol.